The number of rotatable bonds is 4. The molecular weight excluding hydrogens is 247 g/mol. The Labute approximate surface area is 112 Å². The molecule has 0 radical (unpaired) electrons. The fourth-order valence-electron chi connectivity index (χ4n) is 2.39. The predicted octanol–water partition coefficient (Wildman–Crippen LogP) is 3.27. The number of hydrogen-bond donors (Lipinski definition) is 0. The molecule has 3 nitrogen and oxygen atoms in total. The van der Waals surface area contributed by atoms with Crippen molar-refractivity contribution in [2.75, 3.05) is 7.11 Å². The summed E-state index contributed by atoms with van der Waals surface area (Å²) in [5, 5.41) is 0. The van der Waals surface area contributed by atoms with Crippen LogP contribution in [0.25, 0.3) is 0 Å². The molecule has 4 heteroatoms. The Morgan fingerprint density at radius 3 is 2.58 bits per heavy atom. The van der Waals surface area contributed by atoms with Gasteiger partial charge in [-0.3, -0.25) is 9.59 Å². The van der Waals surface area contributed by atoms with Crippen molar-refractivity contribution in [2.24, 2.45) is 5.41 Å². The van der Waals surface area contributed by atoms with Crippen LogP contribution in [0.2, 0.25) is 0 Å². The van der Waals surface area contributed by atoms with Crippen LogP contribution in [0.3, 0.4) is 0 Å². The maximum absolute atomic E-state index is 13.8. The van der Waals surface area contributed by atoms with Crippen molar-refractivity contribution in [3.63, 3.8) is 0 Å². The molecule has 0 aromatic carbocycles. The van der Waals surface area contributed by atoms with Gasteiger partial charge < -0.3 is 4.74 Å². The SMILES string of the molecule is C=C(/C(C)=C(F)\C=C/C)[C@@]1(C(=O)OC)CCC(=O)C1. The first-order valence-electron chi connectivity index (χ1n) is 6.18. The molecule has 0 bridgehead atoms. The van der Waals surface area contributed by atoms with Gasteiger partial charge in [0.1, 0.15) is 11.6 Å². The number of esters is 1. The second-order valence-electron chi connectivity index (χ2n) is 4.74. The summed E-state index contributed by atoms with van der Waals surface area (Å²) in [4.78, 5) is 23.5. The van der Waals surface area contributed by atoms with Gasteiger partial charge in [0.15, 0.2) is 0 Å². The molecule has 1 aliphatic carbocycles. The Bertz CT molecular complexity index is 474. The molecule has 19 heavy (non-hydrogen) atoms. The van der Waals surface area contributed by atoms with Crippen LogP contribution in [0, 0.1) is 5.41 Å². The molecular formula is C15H19FO3. The van der Waals surface area contributed by atoms with E-state index in [1.807, 2.05) is 0 Å². The van der Waals surface area contributed by atoms with Gasteiger partial charge in [-0.2, -0.15) is 0 Å². The van der Waals surface area contributed by atoms with Crippen molar-refractivity contribution in [1.82, 2.24) is 0 Å². The number of halogens is 1. The highest BCUT2D eigenvalue weighted by atomic mass is 19.1. The molecule has 0 N–H and O–H groups in total. The van der Waals surface area contributed by atoms with E-state index in [0.717, 1.165) is 0 Å². The number of carbonyl (C=O) groups excluding carboxylic acids is 2. The van der Waals surface area contributed by atoms with E-state index in [4.69, 9.17) is 4.74 Å². The zero-order chi connectivity index (χ0) is 14.6. The number of methoxy groups -OCH3 is 1. The lowest BCUT2D eigenvalue weighted by molar-refractivity contribution is -0.150. The number of hydrogen-bond acceptors (Lipinski definition) is 3. The average molecular weight is 266 g/mol. The van der Waals surface area contributed by atoms with Gasteiger partial charge in [0.2, 0.25) is 0 Å². The van der Waals surface area contributed by atoms with Crippen molar-refractivity contribution >= 4 is 11.8 Å². The lowest BCUT2D eigenvalue weighted by atomic mass is 9.76. The third-order valence-corrected chi connectivity index (χ3v) is 3.61. The van der Waals surface area contributed by atoms with Crippen LogP contribution in [0.1, 0.15) is 33.1 Å². The summed E-state index contributed by atoms with van der Waals surface area (Å²) in [6.45, 7) is 7.09. The molecule has 0 heterocycles. The third-order valence-electron chi connectivity index (χ3n) is 3.61. The van der Waals surface area contributed by atoms with E-state index < -0.39 is 17.2 Å². The molecule has 0 unspecified atom stereocenters. The number of ketones is 1. The molecule has 1 rings (SSSR count). The minimum absolute atomic E-state index is 0.0224. The first kappa shape index (κ1) is 15.3. The van der Waals surface area contributed by atoms with Gasteiger partial charge in [-0.1, -0.05) is 12.7 Å². The summed E-state index contributed by atoms with van der Waals surface area (Å²) in [7, 11) is 1.27. The van der Waals surface area contributed by atoms with Crippen LogP contribution in [0.4, 0.5) is 4.39 Å². The van der Waals surface area contributed by atoms with Gasteiger partial charge in [0.25, 0.3) is 0 Å². The molecule has 1 aliphatic rings. The third kappa shape index (κ3) is 2.83. The van der Waals surface area contributed by atoms with E-state index in [0.29, 0.717) is 24.0 Å². The van der Waals surface area contributed by atoms with Crippen LogP contribution in [-0.2, 0) is 14.3 Å². The Hall–Kier alpha value is -1.71. The molecule has 0 aromatic rings. The number of carbonyl (C=O) groups is 2. The smallest absolute Gasteiger partial charge is 0.316 e. The second kappa shape index (κ2) is 5.95. The minimum atomic E-state index is -1.10. The molecule has 1 fully saturated rings. The molecule has 0 spiro atoms. The van der Waals surface area contributed by atoms with Crippen LogP contribution in [-0.4, -0.2) is 18.9 Å². The monoisotopic (exact) mass is 266 g/mol. The largest absolute Gasteiger partial charge is 0.468 e. The fourth-order valence-corrected chi connectivity index (χ4v) is 2.39. The zero-order valence-electron chi connectivity index (χ0n) is 11.6. The average Bonchev–Trinajstić information content (AvgIpc) is 2.79. The van der Waals surface area contributed by atoms with Gasteiger partial charge >= 0.3 is 5.97 Å². The van der Waals surface area contributed by atoms with E-state index in [-0.39, 0.29) is 12.2 Å². The topological polar surface area (TPSA) is 43.4 Å². The summed E-state index contributed by atoms with van der Waals surface area (Å²) in [5.41, 5.74) is -0.478. The lowest BCUT2D eigenvalue weighted by Gasteiger charge is -2.28. The Kier molecular flexibility index (Phi) is 4.81. The molecule has 0 aliphatic heterocycles. The van der Waals surface area contributed by atoms with Gasteiger partial charge in [0.05, 0.1) is 12.5 Å². The number of ether oxygens (including phenoxy) is 1. The molecule has 0 saturated heterocycles. The number of Topliss-reactive ketones (excluding diaryl/α,β-unsaturated/α-hetero) is 1. The van der Waals surface area contributed by atoms with Gasteiger partial charge in [-0.25, -0.2) is 4.39 Å². The van der Waals surface area contributed by atoms with Gasteiger partial charge in [0, 0.05) is 12.8 Å². The Morgan fingerprint density at radius 1 is 1.53 bits per heavy atom. The predicted molar refractivity (Wildman–Crippen MR) is 71.1 cm³/mol. The molecule has 1 atom stereocenters. The summed E-state index contributed by atoms with van der Waals surface area (Å²) >= 11 is 0. The van der Waals surface area contributed by atoms with E-state index in [2.05, 4.69) is 6.58 Å². The highest BCUT2D eigenvalue weighted by Crippen LogP contribution is 2.46. The van der Waals surface area contributed by atoms with Crippen molar-refractivity contribution in [3.8, 4) is 0 Å². The summed E-state index contributed by atoms with van der Waals surface area (Å²) in [5.74, 6) is -0.989. The second-order valence-corrected chi connectivity index (χ2v) is 4.74. The van der Waals surface area contributed by atoms with Crippen molar-refractivity contribution < 1.29 is 18.7 Å². The van der Waals surface area contributed by atoms with Crippen LogP contribution in [0.15, 0.2) is 35.7 Å². The van der Waals surface area contributed by atoms with Crippen molar-refractivity contribution in [1.29, 1.82) is 0 Å². The van der Waals surface area contributed by atoms with Crippen molar-refractivity contribution in [2.45, 2.75) is 33.1 Å². The zero-order valence-corrected chi connectivity index (χ0v) is 11.6. The minimum Gasteiger partial charge on any atom is -0.468 e. The fraction of sp³-hybridized carbons (Fsp3) is 0.467. The highest BCUT2D eigenvalue weighted by Gasteiger charge is 2.48. The summed E-state index contributed by atoms with van der Waals surface area (Å²) in [6.07, 6.45) is 3.54. The standard InChI is InChI=1S/C15H19FO3/c1-5-6-13(16)10(2)11(3)15(14(18)19-4)8-7-12(17)9-15/h5-6H,3,7-9H2,1-2,4H3/b6-5-,13-10+/t15-/m1/s1. The molecule has 104 valence electrons. The summed E-state index contributed by atoms with van der Waals surface area (Å²) < 4.78 is 18.6. The Balaban J connectivity index is 3.21. The van der Waals surface area contributed by atoms with Gasteiger partial charge in [-0.15, -0.1) is 0 Å². The van der Waals surface area contributed by atoms with E-state index in [9.17, 15) is 14.0 Å². The maximum Gasteiger partial charge on any atom is 0.316 e. The van der Waals surface area contributed by atoms with Crippen molar-refractivity contribution in [3.05, 3.63) is 35.7 Å². The number of allylic oxidation sites excluding steroid dienone is 4. The van der Waals surface area contributed by atoms with Crippen LogP contribution < -0.4 is 0 Å². The first-order chi connectivity index (χ1) is 8.89. The first-order valence-corrected chi connectivity index (χ1v) is 6.18. The maximum atomic E-state index is 13.8. The quantitative estimate of drug-likeness (QED) is 0.579. The molecule has 0 aromatic heterocycles. The van der Waals surface area contributed by atoms with Crippen LogP contribution in [0.5, 0.6) is 0 Å². The Morgan fingerprint density at radius 2 is 2.16 bits per heavy atom. The highest BCUT2D eigenvalue weighted by molar-refractivity contribution is 5.93. The van der Waals surface area contributed by atoms with E-state index in [1.165, 1.54) is 13.2 Å². The molecule has 0 amide bonds. The van der Waals surface area contributed by atoms with Crippen LogP contribution >= 0.6 is 0 Å². The normalized spacial score (nSPS) is 24.5. The molecule has 1 saturated carbocycles. The summed E-state index contributed by atoms with van der Waals surface area (Å²) in [6, 6.07) is 0. The van der Waals surface area contributed by atoms with E-state index >= 15 is 0 Å². The lowest BCUT2D eigenvalue weighted by Crippen LogP contribution is -2.32. The van der Waals surface area contributed by atoms with E-state index in [1.54, 1.807) is 19.9 Å². The van der Waals surface area contributed by atoms with Gasteiger partial charge in [-0.05, 0) is 37.5 Å².